The van der Waals surface area contributed by atoms with Gasteiger partial charge in [0.25, 0.3) is 5.91 Å². The lowest BCUT2D eigenvalue weighted by Gasteiger charge is -2.21. The highest BCUT2D eigenvalue weighted by molar-refractivity contribution is 5.94. The number of amides is 1. The van der Waals surface area contributed by atoms with Gasteiger partial charge in [0.2, 0.25) is 5.88 Å². The Bertz CT molecular complexity index is 648. The monoisotopic (exact) mass is 298 g/mol. The molecule has 1 amide bonds. The van der Waals surface area contributed by atoms with Gasteiger partial charge < -0.3 is 9.64 Å². The van der Waals surface area contributed by atoms with Crippen LogP contribution in [0, 0.1) is 20.8 Å². The van der Waals surface area contributed by atoms with Crippen molar-refractivity contribution in [3.8, 4) is 5.88 Å². The van der Waals surface area contributed by atoms with Gasteiger partial charge in [-0.1, -0.05) is 12.1 Å². The van der Waals surface area contributed by atoms with Crippen LogP contribution in [0.25, 0.3) is 0 Å². The van der Waals surface area contributed by atoms with Crippen LogP contribution in [0.5, 0.6) is 5.88 Å². The number of nitrogens with zero attached hydrogens (tertiary/aromatic N) is 2. The lowest BCUT2D eigenvalue weighted by Crippen LogP contribution is -2.34. The number of carbonyl (C=O) groups excluding carboxylic acids is 1. The number of aromatic nitrogens is 1. The number of anilines is 1. The minimum atomic E-state index is -0.0749. The Morgan fingerprint density at radius 2 is 1.91 bits per heavy atom. The fraction of sp³-hybridized carbons (Fsp3) is 0.333. The van der Waals surface area contributed by atoms with E-state index in [0.717, 1.165) is 22.5 Å². The molecule has 4 heteroatoms. The Labute approximate surface area is 131 Å². The van der Waals surface area contributed by atoms with Crippen molar-refractivity contribution in [1.29, 1.82) is 0 Å². The number of likely N-dealkylation sites (N-methyl/N-ethyl adjacent to an activating group) is 1. The summed E-state index contributed by atoms with van der Waals surface area (Å²) in [4.78, 5) is 18.4. The standard InChI is InChI=1S/C18H22N2O2/c1-5-20(16-8-6-7-13(2)10-16)18(21)12-22-17-11-14(3)9-15(4)19-17/h6-11H,5,12H2,1-4H3. The molecular weight excluding hydrogens is 276 g/mol. The van der Waals surface area contributed by atoms with E-state index in [1.54, 1.807) is 4.90 Å². The molecule has 2 rings (SSSR count). The van der Waals surface area contributed by atoms with Crippen molar-refractivity contribution in [3.63, 3.8) is 0 Å². The molecule has 1 aromatic heterocycles. The SMILES string of the molecule is CCN(C(=O)COc1cc(C)cc(C)n1)c1cccc(C)c1. The molecule has 0 atom stereocenters. The van der Waals surface area contributed by atoms with Crippen LogP contribution in [0.2, 0.25) is 0 Å². The van der Waals surface area contributed by atoms with E-state index < -0.39 is 0 Å². The summed E-state index contributed by atoms with van der Waals surface area (Å²) in [5, 5.41) is 0. The Balaban J connectivity index is 2.06. The van der Waals surface area contributed by atoms with Crippen molar-refractivity contribution in [2.45, 2.75) is 27.7 Å². The van der Waals surface area contributed by atoms with Crippen LogP contribution in [0.15, 0.2) is 36.4 Å². The van der Waals surface area contributed by atoms with Crippen molar-refractivity contribution in [2.75, 3.05) is 18.1 Å². The van der Waals surface area contributed by atoms with Gasteiger partial charge in [0.1, 0.15) is 0 Å². The molecule has 0 N–H and O–H groups in total. The maximum Gasteiger partial charge on any atom is 0.264 e. The van der Waals surface area contributed by atoms with E-state index in [-0.39, 0.29) is 12.5 Å². The summed E-state index contributed by atoms with van der Waals surface area (Å²) in [6, 6.07) is 11.7. The van der Waals surface area contributed by atoms with E-state index in [1.807, 2.05) is 64.1 Å². The topological polar surface area (TPSA) is 42.4 Å². The summed E-state index contributed by atoms with van der Waals surface area (Å²) in [6.45, 7) is 8.44. The Morgan fingerprint density at radius 3 is 2.55 bits per heavy atom. The first-order valence-corrected chi connectivity index (χ1v) is 7.44. The minimum absolute atomic E-state index is 0.0162. The van der Waals surface area contributed by atoms with Crippen LogP contribution in [0.4, 0.5) is 5.69 Å². The van der Waals surface area contributed by atoms with Gasteiger partial charge in [-0.15, -0.1) is 0 Å². The number of carbonyl (C=O) groups is 1. The molecule has 0 unspecified atom stereocenters. The minimum Gasteiger partial charge on any atom is -0.468 e. The molecule has 0 aliphatic heterocycles. The predicted molar refractivity (Wildman–Crippen MR) is 88.4 cm³/mol. The molecule has 0 bridgehead atoms. The molecule has 0 aliphatic rings. The molecule has 116 valence electrons. The van der Waals surface area contributed by atoms with Gasteiger partial charge in [0, 0.05) is 24.0 Å². The zero-order chi connectivity index (χ0) is 16.1. The molecule has 22 heavy (non-hydrogen) atoms. The fourth-order valence-corrected chi connectivity index (χ4v) is 2.39. The van der Waals surface area contributed by atoms with E-state index in [0.29, 0.717) is 12.4 Å². The summed E-state index contributed by atoms with van der Waals surface area (Å²) in [6.07, 6.45) is 0. The Kier molecular flexibility index (Phi) is 5.15. The lowest BCUT2D eigenvalue weighted by atomic mass is 10.2. The van der Waals surface area contributed by atoms with E-state index in [1.165, 1.54) is 0 Å². The quantitative estimate of drug-likeness (QED) is 0.849. The zero-order valence-electron chi connectivity index (χ0n) is 13.6. The smallest absolute Gasteiger partial charge is 0.264 e. The number of hydrogen-bond donors (Lipinski definition) is 0. The largest absolute Gasteiger partial charge is 0.468 e. The van der Waals surface area contributed by atoms with Crippen molar-refractivity contribution in [1.82, 2.24) is 4.98 Å². The highest BCUT2D eigenvalue weighted by atomic mass is 16.5. The molecule has 0 saturated heterocycles. The molecule has 0 saturated carbocycles. The van der Waals surface area contributed by atoms with Gasteiger partial charge in [-0.3, -0.25) is 4.79 Å². The van der Waals surface area contributed by atoms with Gasteiger partial charge in [-0.05, 0) is 57.0 Å². The van der Waals surface area contributed by atoms with Crippen LogP contribution in [-0.2, 0) is 4.79 Å². The predicted octanol–water partition coefficient (Wildman–Crippen LogP) is 3.44. The van der Waals surface area contributed by atoms with Gasteiger partial charge in [-0.25, -0.2) is 4.98 Å². The van der Waals surface area contributed by atoms with Crippen LogP contribution >= 0.6 is 0 Å². The van der Waals surface area contributed by atoms with E-state index in [4.69, 9.17) is 4.74 Å². The molecule has 1 heterocycles. The Morgan fingerprint density at radius 1 is 1.14 bits per heavy atom. The van der Waals surface area contributed by atoms with Crippen LogP contribution < -0.4 is 9.64 Å². The third kappa shape index (κ3) is 4.07. The summed E-state index contributed by atoms with van der Waals surface area (Å²) in [5.41, 5.74) is 3.97. The molecule has 0 fully saturated rings. The highest BCUT2D eigenvalue weighted by Crippen LogP contribution is 2.17. The molecular formula is C18H22N2O2. The molecule has 1 aromatic carbocycles. The van der Waals surface area contributed by atoms with Crippen molar-refractivity contribution in [3.05, 3.63) is 53.2 Å². The van der Waals surface area contributed by atoms with Crippen molar-refractivity contribution < 1.29 is 9.53 Å². The van der Waals surface area contributed by atoms with Gasteiger partial charge >= 0.3 is 0 Å². The summed E-state index contributed by atoms with van der Waals surface area (Å²) in [5.74, 6) is 0.417. The third-order valence-electron chi connectivity index (χ3n) is 3.35. The third-order valence-corrected chi connectivity index (χ3v) is 3.35. The first-order chi connectivity index (χ1) is 10.5. The number of benzene rings is 1. The van der Waals surface area contributed by atoms with Gasteiger partial charge in [0.05, 0.1) is 0 Å². The van der Waals surface area contributed by atoms with E-state index in [2.05, 4.69) is 4.98 Å². The van der Waals surface area contributed by atoms with Crippen LogP contribution in [-0.4, -0.2) is 24.0 Å². The van der Waals surface area contributed by atoms with Crippen molar-refractivity contribution >= 4 is 11.6 Å². The fourth-order valence-electron chi connectivity index (χ4n) is 2.39. The van der Waals surface area contributed by atoms with Crippen LogP contribution in [0.3, 0.4) is 0 Å². The maximum atomic E-state index is 12.4. The van der Waals surface area contributed by atoms with Gasteiger partial charge in [-0.2, -0.15) is 0 Å². The second-order valence-corrected chi connectivity index (χ2v) is 5.39. The molecule has 0 aliphatic carbocycles. The normalized spacial score (nSPS) is 10.4. The van der Waals surface area contributed by atoms with E-state index in [9.17, 15) is 4.79 Å². The molecule has 4 nitrogen and oxygen atoms in total. The molecule has 0 radical (unpaired) electrons. The van der Waals surface area contributed by atoms with Crippen molar-refractivity contribution in [2.24, 2.45) is 0 Å². The first-order valence-electron chi connectivity index (χ1n) is 7.44. The second kappa shape index (κ2) is 7.07. The number of aryl methyl sites for hydroxylation is 3. The first kappa shape index (κ1) is 16.0. The lowest BCUT2D eigenvalue weighted by molar-refractivity contribution is -0.120. The summed E-state index contributed by atoms with van der Waals surface area (Å²) >= 11 is 0. The second-order valence-electron chi connectivity index (χ2n) is 5.39. The number of hydrogen-bond acceptors (Lipinski definition) is 3. The number of pyridine rings is 1. The average Bonchev–Trinajstić information content (AvgIpc) is 2.45. The van der Waals surface area contributed by atoms with Crippen LogP contribution in [0.1, 0.15) is 23.7 Å². The number of ether oxygens (including phenoxy) is 1. The van der Waals surface area contributed by atoms with E-state index >= 15 is 0 Å². The zero-order valence-corrected chi connectivity index (χ0v) is 13.6. The maximum absolute atomic E-state index is 12.4. The summed E-state index contributed by atoms with van der Waals surface area (Å²) in [7, 11) is 0. The highest BCUT2D eigenvalue weighted by Gasteiger charge is 2.15. The average molecular weight is 298 g/mol. The molecule has 2 aromatic rings. The molecule has 0 spiro atoms. The Hall–Kier alpha value is -2.36. The number of rotatable bonds is 5. The summed E-state index contributed by atoms with van der Waals surface area (Å²) < 4.78 is 5.56. The van der Waals surface area contributed by atoms with Gasteiger partial charge in [0.15, 0.2) is 6.61 Å².